The summed E-state index contributed by atoms with van der Waals surface area (Å²) in [6.45, 7) is 6.06. The highest BCUT2D eigenvalue weighted by Gasteiger charge is 2.23. The van der Waals surface area contributed by atoms with E-state index in [1.807, 2.05) is 15.5 Å². The first-order valence-corrected chi connectivity index (χ1v) is 12.3. The second kappa shape index (κ2) is 8.48. The number of amides is 1. The number of aryl methyl sites for hydroxylation is 1. The molecule has 0 saturated carbocycles. The average Bonchev–Trinajstić information content (AvgIpc) is 3.15. The van der Waals surface area contributed by atoms with Gasteiger partial charge in [0.05, 0.1) is 15.6 Å². The largest absolute Gasteiger partial charge is 0.340 e. The summed E-state index contributed by atoms with van der Waals surface area (Å²) in [7, 11) is 0. The molecule has 0 N–H and O–H groups in total. The number of thiophene rings is 1. The van der Waals surface area contributed by atoms with Crippen LogP contribution in [-0.4, -0.2) is 51.4 Å². The molecule has 0 spiro atoms. The zero-order valence-corrected chi connectivity index (χ0v) is 19.9. The van der Waals surface area contributed by atoms with Crippen LogP contribution in [0.1, 0.15) is 36.1 Å². The van der Waals surface area contributed by atoms with Crippen molar-refractivity contribution < 1.29 is 4.79 Å². The van der Waals surface area contributed by atoms with Crippen LogP contribution in [0.5, 0.6) is 0 Å². The quantitative estimate of drug-likeness (QED) is 0.551. The van der Waals surface area contributed by atoms with Gasteiger partial charge in [0.25, 0.3) is 5.56 Å². The van der Waals surface area contributed by atoms with Gasteiger partial charge in [-0.15, -0.1) is 11.3 Å². The summed E-state index contributed by atoms with van der Waals surface area (Å²) in [6.07, 6.45) is 4.51. The zero-order valence-electron chi connectivity index (χ0n) is 17.5. The van der Waals surface area contributed by atoms with Crippen LogP contribution in [0.2, 0.25) is 0 Å². The summed E-state index contributed by atoms with van der Waals surface area (Å²) in [4.78, 5) is 33.3. The number of hydrogen-bond acceptors (Lipinski definition) is 5. The normalized spacial score (nSPS) is 19.5. The number of hydrogen-bond donors (Lipinski definition) is 0. The number of piperazine rings is 1. The first-order valence-electron chi connectivity index (χ1n) is 10.7. The maximum atomic E-state index is 13.0. The van der Waals surface area contributed by atoms with Crippen LogP contribution in [-0.2, 0) is 24.2 Å². The van der Waals surface area contributed by atoms with E-state index in [4.69, 9.17) is 0 Å². The molecule has 0 radical (unpaired) electrons. The lowest BCUT2D eigenvalue weighted by Gasteiger charge is -2.34. The third-order valence-corrected chi connectivity index (χ3v) is 8.14. The standard InChI is InChI=1S/C23H25BrN4O2S/c1-15(29)27-8-6-26(7-9-27)13-16-2-3-18-11-19(5-4-17(18)10-16)28-14-25-20-12-21(24)31-22(20)23(28)30/h2-3,10,12,14,19H,4-9,11,13H2,1H3. The molecule has 31 heavy (non-hydrogen) atoms. The van der Waals surface area contributed by atoms with Crippen LogP contribution in [0.3, 0.4) is 0 Å². The topological polar surface area (TPSA) is 58.4 Å². The van der Waals surface area contributed by atoms with Gasteiger partial charge < -0.3 is 4.90 Å². The Morgan fingerprint density at radius 3 is 2.77 bits per heavy atom. The Labute approximate surface area is 193 Å². The van der Waals surface area contributed by atoms with Crippen molar-refractivity contribution in [3.63, 3.8) is 0 Å². The van der Waals surface area contributed by atoms with E-state index < -0.39 is 0 Å². The first kappa shape index (κ1) is 20.8. The first-order chi connectivity index (χ1) is 15.0. The molecule has 1 fully saturated rings. The lowest BCUT2D eigenvalue weighted by Crippen LogP contribution is -2.47. The van der Waals surface area contributed by atoms with Gasteiger partial charge in [-0.05, 0) is 57.9 Å². The molecular weight excluding hydrogens is 476 g/mol. The monoisotopic (exact) mass is 500 g/mol. The molecule has 0 bridgehead atoms. The molecule has 2 aromatic heterocycles. The number of carbonyl (C=O) groups is 1. The molecule has 3 aromatic rings. The minimum atomic E-state index is 0.0653. The highest BCUT2D eigenvalue weighted by atomic mass is 79.9. The van der Waals surface area contributed by atoms with Gasteiger partial charge in [0.1, 0.15) is 4.70 Å². The van der Waals surface area contributed by atoms with E-state index in [-0.39, 0.29) is 17.5 Å². The fourth-order valence-corrected chi connectivity index (χ4v) is 6.24. The Hall–Kier alpha value is -2.03. The molecule has 5 rings (SSSR count). The van der Waals surface area contributed by atoms with Crippen molar-refractivity contribution in [2.24, 2.45) is 0 Å². The average molecular weight is 501 g/mol. The summed E-state index contributed by atoms with van der Waals surface area (Å²) in [5, 5.41) is 0. The summed E-state index contributed by atoms with van der Waals surface area (Å²) >= 11 is 4.92. The Kier molecular flexibility index (Phi) is 5.71. The molecule has 8 heteroatoms. The molecule has 3 heterocycles. The molecule has 1 saturated heterocycles. The summed E-state index contributed by atoms with van der Waals surface area (Å²) in [5.41, 5.74) is 4.90. The number of aromatic nitrogens is 2. The van der Waals surface area contributed by atoms with Gasteiger partial charge in [0, 0.05) is 45.7 Å². The van der Waals surface area contributed by atoms with Crippen molar-refractivity contribution in [2.45, 2.75) is 38.8 Å². The number of carbonyl (C=O) groups excluding carboxylic acids is 1. The van der Waals surface area contributed by atoms with Crippen LogP contribution in [0, 0.1) is 0 Å². The van der Waals surface area contributed by atoms with E-state index in [9.17, 15) is 9.59 Å². The number of rotatable bonds is 3. The van der Waals surface area contributed by atoms with Gasteiger partial charge in [-0.25, -0.2) is 4.98 Å². The number of nitrogens with zero attached hydrogens (tertiary/aromatic N) is 4. The van der Waals surface area contributed by atoms with E-state index in [0.717, 1.165) is 66.0 Å². The smallest absolute Gasteiger partial charge is 0.271 e. The van der Waals surface area contributed by atoms with Gasteiger partial charge in [-0.1, -0.05) is 18.2 Å². The lowest BCUT2D eigenvalue weighted by atomic mass is 9.87. The van der Waals surface area contributed by atoms with Gasteiger partial charge in [0.15, 0.2) is 0 Å². The van der Waals surface area contributed by atoms with E-state index in [1.54, 1.807) is 13.3 Å². The predicted octanol–water partition coefficient (Wildman–Crippen LogP) is 3.61. The van der Waals surface area contributed by atoms with E-state index in [0.29, 0.717) is 0 Å². The highest BCUT2D eigenvalue weighted by molar-refractivity contribution is 9.11. The molecule has 1 unspecified atom stereocenters. The Morgan fingerprint density at radius 2 is 2.00 bits per heavy atom. The molecule has 1 aromatic carbocycles. The fourth-order valence-electron chi connectivity index (χ4n) is 4.76. The number of benzene rings is 1. The fraction of sp³-hybridized carbons (Fsp3) is 0.435. The van der Waals surface area contributed by atoms with Gasteiger partial charge >= 0.3 is 0 Å². The van der Waals surface area contributed by atoms with Crippen molar-refractivity contribution in [1.29, 1.82) is 0 Å². The van der Waals surface area contributed by atoms with Crippen LogP contribution >= 0.6 is 27.3 Å². The number of halogens is 1. The molecule has 1 aliphatic heterocycles. The van der Waals surface area contributed by atoms with Crippen LogP contribution < -0.4 is 5.56 Å². The number of fused-ring (bicyclic) bond motifs is 2. The van der Waals surface area contributed by atoms with Crippen molar-refractivity contribution >= 4 is 43.4 Å². The minimum absolute atomic E-state index is 0.0653. The van der Waals surface area contributed by atoms with Gasteiger partial charge in [-0.2, -0.15) is 0 Å². The Bertz CT molecular complexity index is 1200. The minimum Gasteiger partial charge on any atom is -0.340 e. The second-order valence-corrected chi connectivity index (χ2v) is 10.9. The van der Waals surface area contributed by atoms with Crippen molar-refractivity contribution in [1.82, 2.24) is 19.4 Å². The highest BCUT2D eigenvalue weighted by Crippen LogP contribution is 2.31. The second-order valence-electron chi connectivity index (χ2n) is 8.50. The molecule has 6 nitrogen and oxygen atoms in total. The third kappa shape index (κ3) is 4.21. The predicted molar refractivity (Wildman–Crippen MR) is 127 cm³/mol. The van der Waals surface area contributed by atoms with Crippen LogP contribution in [0.25, 0.3) is 10.2 Å². The molecule has 1 amide bonds. The van der Waals surface area contributed by atoms with Gasteiger partial charge in [0.2, 0.25) is 5.91 Å². The Morgan fingerprint density at radius 1 is 1.19 bits per heavy atom. The van der Waals surface area contributed by atoms with Crippen molar-refractivity contribution in [2.75, 3.05) is 26.2 Å². The van der Waals surface area contributed by atoms with Crippen molar-refractivity contribution in [3.05, 3.63) is 61.4 Å². The molecular formula is C23H25BrN4O2S. The van der Waals surface area contributed by atoms with E-state index in [2.05, 4.69) is 44.0 Å². The van der Waals surface area contributed by atoms with Gasteiger partial charge in [-0.3, -0.25) is 19.1 Å². The lowest BCUT2D eigenvalue weighted by molar-refractivity contribution is -0.130. The SMILES string of the molecule is CC(=O)N1CCN(Cc2ccc3c(c2)CCC(n2cnc4cc(Br)sc4c2=O)C3)CC1. The van der Waals surface area contributed by atoms with E-state index in [1.165, 1.54) is 28.0 Å². The summed E-state index contributed by atoms with van der Waals surface area (Å²) < 4.78 is 3.49. The van der Waals surface area contributed by atoms with E-state index >= 15 is 0 Å². The Balaban J connectivity index is 1.29. The van der Waals surface area contributed by atoms with Crippen molar-refractivity contribution in [3.8, 4) is 0 Å². The summed E-state index contributed by atoms with van der Waals surface area (Å²) in [5.74, 6) is 0.170. The zero-order chi connectivity index (χ0) is 21.5. The summed E-state index contributed by atoms with van der Waals surface area (Å²) in [6, 6.07) is 8.86. The molecule has 162 valence electrons. The third-order valence-electron chi connectivity index (χ3n) is 6.52. The van der Waals surface area contributed by atoms with Crippen LogP contribution in [0.15, 0.2) is 39.2 Å². The maximum Gasteiger partial charge on any atom is 0.271 e. The molecule has 2 aliphatic rings. The molecule has 1 atom stereocenters. The molecule has 1 aliphatic carbocycles. The maximum absolute atomic E-state index is 13.0. The van der Waals surface area contributed by atoms with Crippen LogP contribution in [0.4, 0.5) is 0 Å².